The summed E-state index contributed by atoms with van der Waals surface area (Å²) in [6.07, 6.45) is 4.49. The van der Waals surface area contributed by atoms with Gasteiger partial charge in [-0.2, -0.15) is 0 Å². The number of rotatable bonds is 7. The summed E-state index contributed by atoms with van der Waals surface area (Å²) >= 11 is 0. The zero-order valence-electron chi connectivity index (χ0n) is 13.2. The van der Waals surface area contributed by atoms with E-state index in [0.29, 0.717) is 12.5 Å². The first-order valence-electron chi connectivity index (χ1n) is 7.49. The summed E-state index contributed by atoms with van der Waals surface area (Å²) < 4.78 is 5.09. The van der Waals surface area contributed by atoms with E-state index in [0.717, 1.165) is 41.6 Å². The zero-order valence-corrected chi connectivity index (χ0v) is 13.2. The molecule has 0 saturated carbocycles. The second-order valence-electron chi connectivity index (χ2n) is 5.47. The van der Waals surface area contributed by atoms with Crippen molar-refractivity contribution in [2.45, 2.75) is 46.6 Å². The summed E-state index contributed by atoms with van der Waals surface area (Å²) in [7, 11) is 0. The molecule has 5 nitrogen and oxygen atoms in total. The summed E-state index contributed by atoms with van der Waals surface area (Å²) in [5.41, 5.74) is 2.15. The van der Waals surface area contributed by atoms with Crippen molar-refractivity contribution in [3.8, 4) is 0 Å². The third-order valence-electron chi connectivity index (χ3n) is 3.26. The number of hydrogen-bond acceptors (Lipinski definition) is 5. The highest BCUT2D eigenvalue weighted by Gasteiger charge is 2.12. The molecule has 0 fully saturated rings. The first kappa shape index (κ1) is 15.4. The van der Waals surface area contributed by atoms with Gasteiger partial charge in [-0.25, -0.2) is 9.97 Å². The average molecular weight is 288 g/mol. The van der Waals surface area contributed by atoms with Gasteiger partial charge in [0.15, 0.2) is 0 Å². The van der Waals surface area contributed by atoms with Crippen LogP contribution in [0, 0.1) is 6.92 Å². The van der Waals surface area contributed by atoms with Crippen LogP contribution in [0.2, 0.25) is 0 Å². The van der Waals surface area contributed by atoms with Crippen molar-refractivity contribution >= 4 is 11.6 Å². The molecule has 21 heavy (non-hydrogen) atoms. The number of aromatic nitrogens is 2. The average Bonchev–Trinajstić information content (AvgIpc) is 2.98. The first-order chi connectivity index (χ1) is 10.1. The lowest BCUT2D eigenvalue weighted by Gasteiger charge is -2.16. The number of nitrogens with one attached hydrogen (secondary N) is 2. The van der Waals surface area contributed by atoms with Crippen molar-refractivity contribution in [1.82, 2.24) is 9.97 Å². The van der Waals surface area contributed by atoms with Crippen molar-refractivity contribution in [3.63, 3.8) is 0 Å². The molecular formula is C16H24N4O. The fraction of sp³-hybridized carbons (Fsp3) is 0.500. The van der Waals surface area contributed by atoms with Crippen LogP contribution in [0.15, 0.2) is 23.0 Å². The van der Waals surface area contributed by atoms with Gasteiger partial charge in [-0.3, -0.25) is 0 Å². The van der Waals surface area contributed by atoms with Crippen LogP contribution in [0.5, 0.6) is 0 Å². The SMILES string of the molecule is CCCNc1nc(C(C)C)nc(NCc2ccoc2)c1C. The quantitative estimate of drug-likeness (QED) is 0.808. The minimum atomic E-state index is 0.294. The van der Waals surface area contributed by atoms with Crippen LogP contribution in [-0.2, 0) is 6.54 Å². The molecule has 0 saturated heterocycles. The van der Waals surface area contributed by atoms with Gasteiger partial charge < -0.3 is 15.1 Å². The lowest BCUT2D eigenvalue weighted by molar-refractivity contribution is 0.564. The van der Waals surface area contributed by atoms with Crippen molar-refractivity contribution in [3.05, 3.63) is 35.5 Å². The molecule has 0 bridgehead atoms. The monoisotopic (exact) mass is 288 g/mol. The van der Waals surface area contributed by atoms with Crippen LogP contribution in [-0.4, -0.2) is 16.5 Å². The van der Waals surface area contributed by atoms with E-state index in [1.807, 2.05) is 13.0 Å². The van der Waals surface area contributed by atoms with Crippen LogP contribution < -0.4 is 10.6 Å². The molecule has 0 atom stereocenters. The van der Waals surface area contributed by atoms with E-state index in [4.69, 9.17) is 4.42 Å². The molecule has 0 radical (unpaired) electrons. The minimum Gasteiger partial charge on any atom is -0.472 e. The Morgan fingerprint density at radius 3 is 2.48 bits per heavy atom. The van der Waals surface area contributed by atoms with E-state index in [-0.39, 0.29) is 0 Å². The largest absolute Gasteiger partial charge is 0.472 e. The molecule has 0 aromatic carbocycles. The maximum atomic E-state index is 5.09. The number of hydrogen-bond donors (Lipinski definition) is 2. The molecule has 5 heteroatoms. The van der Waals surface area contributed by atoms with Crippen molar-refractivity contribution in [2.24, 2.45) is 0 Å². The first-order valence-corrected chi connectivity index (χ1v) is 7.49. The van der Waals surface area contributed by atoms with Gasteiger partial charge in [0, 0.05) is 30.1 Å². The van der Waals surface area contributed by atoms with Gasteiger partial charge in [0.2, 0.25) is 0 Å². The Morgan fingerprint density at radius 2 is 1.90 bits per heavy atom. The molecule has 0 aliphatic heterocycles. The van der Waals surface area contributed by atoms with Gasteiger partial charge in [-0.1, -0.05) is 20.8 Å². The Hall–Kier alpha value is -2.04. The molecule has 2 N–H and O–H groups in total. The Morgan fingerprint density at radius 1 is 1.19 bits per heavy atom. The summed E-state index contributed by atoms with van der Waals surface area (Å²) in [6.45, 7) is 10.0. The molecule has 0 amide bonds. The van der Waals surface area contributed by atoms with E-state index in [2.05, 4.69) is 41.4 Å². The van der Waals surface area contributed by atoms with Crippen LogP contribution in [0.1, 0.15) is 50.1 Å². The highest BCUT2D eigenvalue weighted by atomic mass is 16.3. The highest BCUT2D eigenvalue weighted by Crippen LogP contribution is 2.23. The maximum Gasteiger partial charge on any atom is 0.135 e. The molecule has 0 aliphatic carbocycles. The molecule has 0 aliphatic rings. The van der Waals surface area contributed by atoms with Gasteiger partial charge in [0.1, 0.15) is 17.5 Å². The summed E-state index contributed by atoms with van der Waals surface area (Å²) in [5.74, 6) is 2.95. The predicted octanol–water partition coefficient (Wildman–Crippen LogP) is 3.94. The summed E-state index contributed by atoms with van der Waals surface area (Å²) in [5, 5.41) is 6.76. The summed E-state index contributed by atoms with van der Waals surface area (Å²) in [4.78, 5) is 9.28. The lowest BCUT2D eigenvalue weighted by atomic mass is 10.2. The lowest BCUT2D eigenvalue weighted by Crippen LogP contribution is -2.12. The zero-order chi connectivity index (χ0) is 15.2. The van der Waals surface area contributed by atoms with Gasteiger partial charge in [-0.05, 0) is 19.4 Å². The van der Waals surface area contributed by atoms with Crippen LogP contribution >= 0.6 is 0 Å². The normalized spacial score (nSPS) is 10.9. The summed E-state index contributed by atoms with van der Waals surface area (Å²) in [6, 6.07) is 1.95. The van der Waals surface area contributed by atoms with E-state index in [1.54, 1.807) is 12.5 Å². The fourth-order valence-corrected chi connectivity index (χ4v) is 1.96. The second kappa shape index (κ2) is 7.11. The number of nitrogens with zero attached hydrogens (tertiary/aromatic N) is 2. The van der Waals surface area contributed by atoms with E-state index >= 15 is 0 Å². The van der Waals surface area contributed by atoms with Crippen LogP contribution in [0.25, 0.3) is 0 Å². The minimum absolute atomic E-state index is 0.294. The molecular weight excluding hydrogens is 264 g/mol. The molecule has 0 unspecified atom stereocenters. The van der Waals surface area contributed by atoms with E-state index < -0.39 is 0 Å². The highest BCUT2D eigenvalue weighted by molar-refractivity contribution is 5.57. The van der Waals surface area contributed by atoms with Crippen molar-refractivity contribution in [2.75, 3.05) is 17.2 Å². The van der Waals surface area contributed by atoms with Gasteiger partial charge in [0.25, 0.3) is 0 Å². The van der Waals surface area contributed by atoms with Crippen molar-refractivity contribution < 1.29 is 4.42 Å². The Labute approximate surface area is 126 Å². The Kier molecular flexibility index (Phi) is 5.20. The standard InChI is InChI=1S/C16H24N4O/c1-5-7-17-15-12(4)16(20-14(19-15)11(2)3)18-9-13-6-8-21-10-13/h6,8,10-11H,5,7,9H2,1-4H3,(H2,17,18,19,20). The van der Waals surface area contributed by atoms with Crippen molar-refractivity contribution in [1.29, 1.82) is 0 Å². The third-order valence-corrected chi connectivity index (χ3v) is 3.26. The molecule has 2 aromatic heterocycles. The molecule has 2 heterocycles. The third kappa shape index (κ3) is 3.97. The van der Waals surface area contributed by atoms with Gasteiger partial charge in [0.05, 0.1) is 12.5 Å². The number of anilines is 2. The Balaban J connectivity index is 2.22. The van der Waals surface area contributed by atoms with Gasteiger partial charge >= 0.3 is 0 Å². The molecule has 2 aromatic rings. The van der Waals surface area contributed by atoms with Crippen LogP contribution in [0.3, 0.4) is 0 Å². The van der Waals surface area contributed by atoms with E-state index in [1.165, 1.54) is 0 Å². The Bertz CT molecular complexity index is 564. The molecule has 0 spiro atoms. The topological polar surface area (TPSA) is 63.0 Å². The maximum absolute atomic E-state index is 5.09. The second-order valence-corrected chi connectivity index (χ2v) is 5.47. The number of furan rings is 1. The smallest absolute Gasteiger partial charge is 0.135 e. The molecule has 2 rings (SSSR count). The molecule has 114 valence electrons. The fourth-order valence-electron chi connectivity index (χ4n) is 1.96. The van der Waals surface area contributed by atoms with Crippen LogP contribution in [0.4, 0.5) is 11.6 Å². The van der Waals surface area contributed by atoms with E-state index in [9.17, 15) is 0 Å². The predicted molar refractivity (Wildman–Crippen MR) is 85.7 cm³/mol. The van der Waals surface area contributed by atoms with Gasteiger partial charge in [-0.15, -0.1) is 0 Å².